The van der Waals surface area contributed by atoms with Gasteiger partial charge in [0.15, 0.2) is 0 Å². The Hall–Kier alpha value is -1.46. The van der Waals surface area contributed by atoms with Crippen molar-refractivity contribution in [3.8, 4) is 0 Å². The van der Waals surface area contributed by atoms with E-state index in [1.807, 2.05) is 0 Å². The summed E-state index contributed by atoms with van der Waals surface area (Å²) < 4.78 is 18.2. The fourth-order valence-electron chi connectivity index (χ4n) is 2.59. The van der Waals surface area contributed by atoms with E-state index < -0.39 is 6.10 Å². The highest BCUT2D eigenvalue weighted by atomic mass is 19.1. The minimum Gasteiger partial charge on any atom is -0.390 e. The number of benzene rings is 1. The predicted molar refractivity (Wildman–Crippen MR) is 72.4 cm³/mol. The van der Waals surface area contributed by atoms with E-state index in [1.165, 1.54) is 12.1 Å². The van der Waals surface area contributed by atoms with Crippen molar-refractivity contribution in [1.82, 2.24) is 5.32 Å². The number of rotatable bonds is 4. The second-order valence-electron chi connectivity index (χ2n) is 5.20. The van der Waals surface area contributed by atoms with Gasteiger partial charge in [-0.15, -0.1) is 0 Å². The topological polar surface area (TPSA) is 58.6 Å². The average molecular weight is 281 g/mol. The number of amides is 1. The number of ether oxygens (including phenoxy) is 1. The summed E-state index contributed by atoms with van der Waals surface area (Å²) in [6, 6.07) is 6.17. The van der Waals surface area contributed by atoms with Crippen LogP contribution in [0.2, 0.25) is 0 Å². The van der Waals surface area contributed by atoms with Crippen LogP contribution < -0.4 is 5.32 Å². The molecule has 3 atom stereocenters. The second-order valence-corrected chi connectivity index (χ2v) is 5.20. The van der Waals surface area contributed by atoms with Crippen molar-refractivity contribution in [2.24, 2.45) is 5.92 Å². The molecule has 1 saturated carbocycles. The molecule has 4 nitrogen and oxygen atoms in total. The van der Waals surface area contributed by atoms with Gasteiger partial charge in [0.05, 0.1) is 12.2 Å². The molecule has 0 bridgehead atoms. The van der Waals surface area contributed by atoms with E-state index in [9.17, 15) is 14.3 Å². The van der Waals surface area contributed by atoms with Gasteiger partial charge in [-0.2, -0.15) is 0 Å². The monoisotopic (exact) mass is 281 g/mol. The zero-order valence-electron chi connectivity index (χ0n) is 11.5. The summed E-state index contributed by atoms with van der Waals surface area (Å²) >= 11 is 0. The van der Waals surface area contributed by atoms with E-state index in [0.29, 0.717) is 25.8 Å². The van der Waals surface area contributed by atoms with Crippen LogP contribution in [0.25, 0.3) is 0 Å². The molecule has 0 spiro atoms. The molecular formula is C15H20FNO3. The Morgan fingerprint density at radius 2 is 2.30 bits per heavy atom. The molecular weight excluding hydrogens is 261 g/mol. The number of carbonyl (C=O) groups excluding carboxylic acids is 1. The highest BCUT2D eigenvalue weighted by Gasteiger charge is 2.32. The third-order valence-corrected chi connectivity index (χ3v) is 3.79. The Kier molecular flexibility index (Phi) is 5.09. The normalized spacial score (nSPS) is 26.2. The quantitative estimate of drug-likeness (QED) is 0.881. The number of halogens is 1. The Balaban J connectivity index is 1.86. The van der Waals surface area contributed by atoms with Crippen LogP contribution in [0.4, 0.5) is 4.39 Å². The average Bonchev–Trinajstić information content (AvgIpc) is 2.45. The maximum atomic E-state index is 13.0. The van der Waals surface area contributed by atoms with Crippen LogP contribution in [0.3, 0.4) is 0 Å². The van der Waals surface area contributed by atoms with Gasteiger partial charge in [0.25, 0.3) is 0 Å². The van der Waals surface area contributed by atoms with Crippen LogP contribution in [0.1, 0.15) is 24.8 Å². The van der Waals surface area contributed by atoms with Gasteiger partial charge in [0.1, 0.15) is 5.82 Å². The Labute approximate surface area is 117 Å². The lowest BCUT2D eigenvalue weighted by Gasteiger charge is -2.31. The number of aliphatic hydroxyl groups is 1. The molecule has 1 aromatic carbocycles. The molecule has 1 fully saturated rings. The molecule has 110 valence electrons. The van der Waals surface area contributed by atoms with E-state index in [-0.39, 0.29) is 23.7 Å². The molecule has 2 N–H and O–H groups in total. The van der Waals surface area contributed by atoms with E-state index in [0.717, 1.165) is 5.56 Å². The standard InChI is InChI=1S/C15H20FNO3/c1-20-14-8-11(5-6-13(14)18)15(19)17-9-10-3-2-4-12(16)7-10/h2-4,7,11,13-14,18H,5-6,8-9H2,1H3,(H,17,19)/t11-,13+,14-/m1/s1. The highest BCUT2D eigenvalue weighted by molar-refractivity contribution is 5.78. The molecule has 5 heteroatoms. The van der Waals surface area contributed by atoms with Gasteiger partial charge >= 0.3 is 0 Å². The predicted octanol–water partition coefficient (Wildman–Crippen LogP) is 1.62. The van der Waals surface area contributed by atoms with Gasteiger partial charge < -0.3 is 15.2 Å². The van der Waals surface area contributed by atoms with Crippen molar-refractivity contribution in [1.29, 1.82) is 0 Å². The smallest absolute Gasteiger partial charge is 0.223 e. The van der Waals surface area contributed by atoms with Crippen molar-refractivity contribution in [3.63, 3.8) is 0 Å². The maximum Gasteiger partial charge on any atom is 0.223 e. The lowest BCUT2D eigenvalue weighted by molar-refractivity contribution is -0.130. The van der Waals surface area contributed by atoms with Crippen LogP contribution >= 0.6 is 0 Å². The zero-order chi connectivity index (χ0) is 14.5. The Morgan fingerprint density at radius 3 is 3.00 bits per heavy atom. The van der Waals surface area contributed by atoms with E-state index in [2.05, 4.69) is 5.32 Å². The molecule has 1 aliphatic rings. The fraction of sp³-hybridized carbons (Fsp3) is 0.533. The van der Waals surface area contributed by atoms with Gasteiger partial charge in [0, 0.05) is 19.6 Å². The lowest BCUT2D eigenvalue weighted by Crippen LogP contribution is -2.41. The third kappa shape index (κ3) is 3.77. The van der Waals surface area contributed by atoms with Crippen molar-refractivity contribution in [2.45, 2.75) is 38.0 Å². The van der Waals surface area contributed by atoms with Gasteiger partial charge in [0.2, 0.25) is 5.91 Å². The molecule has 0 unspecified atom stereocenters. The molecule has 0 aliphatic heterocycles. The first-order valence-corrected chi connectivity index (χ1v) is 6.83. The van der Waals surface area contributed by atoms with Crippen molar-refractivity contribution in [2.75, 3.05) is 7.11 Å². The van der Waals surface area contributed by atoms with Crippen molar-refractivity contribution in [3.05, 3.63) is 35.6 Å². The Morgan fingerprint density at radius 1 is 1.50 bits per heavy atom. The number of hydrogen-bond acceptors (Lipinski definition) is 3. The fourth-order valence-corrected chi connectivity index (χ4v) is 2.59. The number of methoxy groups -OCH3 is 1. The van der Waals surface area contributed by atoms with Crippen LogP contribution in [0.15, 0.2) is 24.3 Å². The van der Waals surface area contributed by atoms with Crippen LogP contribution in [0, 0.1) is 11.7 Å². The minimum atomic E-state index is -0.493. The summed E-state index contributed by atoms with van der Waals surface area (Å²) in [7, 11) is 1.54. The largest absolute Gasteiger partial charge is 0.390 e. The second kappa shape index (κ2) is 6.81. The first-order valence-electron chi connectivity index (χ1n) is 6.83. The first-order chi connectivity index (χ1) is 9.60. The number of nitrogens with one attached hydrogen (secondary N) is 1. The van der Waals surface area contributed by atoms with Gasteiger partial charge in [-0.1, -0.05) is 12.1 Å². The molecule has 1 amide bonds. The van der Waals surface area contributed by atoms with Gasteiger partial charge in [-0.3, -0.25) is 4.79 Å². The van der Waals surface area contributed by atoms with Crippen molar-refractivity contribution < 1.29 is 19.0 Å². The number of aliphatic hydroxyl groups excluding tert-OH is 1. The number of carbonyl (C=O) groups is 1. The van der Waals surface area contributed by atoms with E-state index in [4.69, 9.17) is 4.74 Å². The number of hydrogen-bond donors (Lipinski definition) is 2. The lowest BCUT2D eigenvalue weighted by atomic mass is 9.84. The van der Waals surface area contributed by atoms with Gasteiger partial charge in [-0.05, 0) is 37.0 Å². The highest BCUT2D eigenvalue weighted by Crippen LogP contribution is 2.26. The van der Waals surface area contributed by atoms with E-state index in [1.54, 1.807) is 19.2 Å². The Bertz CT molecular complexity index is 466. The molecule has 1 aromatic rings. The maximum absolute atomic E-state index is 13.0. The summed E-state index contributed by atoms with van der Waals surface area (Å²) in [5.74, 6) is -0.530. The molecule has 2 rings (SSSR count). The molecule has 20 heavy (non-hydrogen) atoms. The summed E-state index contributed by atoms with van der Waals surface area (Å²) in [5, 5.41) is 12.5. The van der Waals surface area contributed by atoms with Crippen LogP contribution in [0.5, 0.6) is 0 Å². The SMILES string of the molecule is CO[C@@H]1C[C@H](C(=O)NCc2cccc(F)c2)CC[C@@H]1O. The summed E-state index contributed by atoms with van der Waals surface area (Å²) in [6.45, 7) is 0.313. The zero-order valence-corrected chi connectivity index (χ0v) is 11.5. The summed E-state index contributed by atoms with van der Waals surface area (Å²) in [5.41, 5.74) is 0.734. The van der Waals surface area contributed by atoms with Crippen LogP contribution in [-0.2, 0) is 16.1 Å². The first kappa shape index (κ1) is 14.9. The molecule has 0 heterocycles. The molecule has 1 aliphatic carbocycles. The third-order valence-electron chi connectivity index (χ3n) is 3.79. The summed E-state index contributed by atoms with van der Waals surface area (Å²) in [4.78, 5) is 12.1. The summed E-state index contributed by atoms with van der Waals surface area (Å²) in [6.07, 6.45) is 0.958. The van der Waals surface area contributed by atoms with Crippen LogP contribution in [-0.4, -0.2) is 30.3 Å². The molecule has 0 aromatic heterocycles. The van der Waals surface area contributed by atoms with E-state index >= 15 is 0 Å². The molecule has 0 radical (unpaired) electrons. The minimum absolute atomic E-state index is 0.0665. The molecule has 0 saturated heterocycles. The van der Waals surface area contributed by atoms with Gasteiger partial charge in [-0.25, -0.2) is 4.39 Å². The van der Waals surface area contributed by atoms with Crippen molar-refractivity contribution >= 4 is 5.91 Å².